The predicted octanol–water partition coefficient (Wildman–Crippen LogP) is 4.81. The van der Waals surface area contributed by atoms with Crippen LogP contribution in [0.3, 0.4) is 0 Å². The minimum atomic E-state index is -0.871. The summed E-state index contributed by atoms with van der Waals surface area (Å²) in [5.41, 5.74) is 4.61. The minimum absolute atomic E-state index is 0.0405. The SMILES string of the molecule is O=C(O)CC(c1cccnc1)c1coc2cc(OCCc3ccc4c(n3)NCCC4)ccc12. The van der Waals surface area contributed by atoms with Crippen molar-refractivity contribution in [3.05, 3.63) is 83.5 Å². The van der Waals surface area contributed by atoms with Crippen LogP contribution in [0, 0.1) is 0 Å². The molecule has 0 saturated carbocycles. The maximum absolute atomic E-state index is 11.5. The molecule has 3 aromatic heterocycles. The van der Waals surface area contributed by atoms with Crippen LogP contribution < -0.4 is 10.1 Å². The lowest BCUT2D eigenvalue weighted by molar-refractivity contribution is -0.137. The molecule has 4 heterocycles. The topological polar surface area (TPSA) is 97.5 Å². The Hall–Kier alpha value is -3.87. The molecule has 1 aromatic carbocycles. The normalized spacial score (nSPS) is 13.8. The van der Waals surface area contributed by atoms with Gasteiger partial charge in [0, 0.05) is 54.0 Å². The van der Waals surface area contributed by atoms with E-state index in [-0.39, 0.29) is 12.3 Å². The van der Waals surface area contributed by atoms with Crippen LogP contribution in [-0.2, 0) is 17.6 Å². The van der Waals surface area contributed by atoms with Gasteiger partial charge in [-0.2, -0.15) is 0 Å². The molecule has 7 heteroatoms. The second-order valence-electron chi connectivity index (χ2n) is 8.22. The van der Waals surface area contributed by atoms with Gasteiger partial charge < -0.3 is 19.6 Å². The van der Waals surface area contributed by atoms with Crippen molar-refractivity contribution in [2.24, 2.45) is 0 Å². The second kappa shape index (κ2) is 9.32. The van der Waals surface area contributed by atoms with Gasteiger partial charge in [0.05, 0.1) is 19.3 Å². The first kappa shape index (κ1) is 21.0. The van der Waals surface area contributed by atoms with Crippen molar-refractivity contribution >= 4 is 22.8 Å². The summed E-state index contributed by atoms with van der Waals surface area (Å²) < 4.78 is 11.7. The summed E-state index contributed by atoms with van der Waals surface area (Å²) in [6.07, 6.45) is 7.90. The summed E-state index contributed by atoms with van der Waals surface area (Å²) in [6.45, 7) is 1.47. The number of hydrogen-bond acceptors (Lipinski definition) is 6. The van der Waals surface area contributed by atoms with E-state index >= 15 is 0 Å². The number of ether oxygens (including phenoxy) is 1. The van der Waals surface area contributed by atoms with Crippen LogP contribution in [0.15, 0.2) is 65.5 Å². The summed E-state index contributed by atoms with van der Waals surface area (Å²) in [6, 6.07) is 13.6. The van der Waals surface area contributed by atoms with Crippen LogP contribution in [0.25, 0.3) is 11.0 Å². The molecule has 168 valence electrons. The van der Waals surface area contributed by atoms with E-state index in [9.17, 15) is 9.90 Å². The van der Waals surface area contributed by atoms with Gasteiger partial charge in [-0.25, -0.2) is 4.98 Å². The molecule has 0 spiro atoms. The third-order valence-corrected chi connectivity index (χ3v) is 6.00. The summed E-state index contributed by atoms with van der Waals surface area (Å²) >= 11 is 0. The predicted molar refractivity (Wildman–Crippen MR) is 125 cm³/mol. The van der Waals surface area contributed by atoms with Gasteiger partial charge in [-0.1, -0.05) is 12.1 Å². The average Bonchev–Trinajstić information content (AvgIpc) is 3.26. The molecule has 0 aliphatic carbocycles. The van der Waals surface area contributed by atoms with E-state index in [0.717, 1.165) is 47.4 Å². The molecule has 1 unspecified atom stereocenters. The molecule has 7 nitrogen and oxygen atoms in total. The molecule has 0 saturated heterocycles. The number of carboxylic acid groups (broad SMARTS) is 1. The van der Waals surface area contributed by atoms with E-state index in [1.54, 1.807) is 18.7 Å². The number of hydrogen-bond donors (Lipinski definition) is 2. The zero-order valence-electron chi connectivity index (χ0n) is 18.2. The number of carbonyl (C=O) groups is 1. The number of aromatic nitrogens is 2. The lowest BCUT2D eigenvalue weighted by Gasteiger charge is -2.17. The second-order valence-corrected chi connectivity index (χ2v) is 8.22. The molecule has 1 aliphatic heterocycles. The molecule has 0 radical (unpaired) electrons. The van der Waals surface area contributed by atoms with Crippen LogP contribution in [0.4, 0.5) is 5.82 Å². The van der Waals surface area contributed by atoms with Crippen molar-refractivity contribution in [3.63, 3.8) is 0 Å². The number of aliphatic carboxylic acids is 1. The van der Waals surface area contributed by atoms with Crippen LogP contribution >= 0.6 is 0 Å². The van der Waals surface area contributed by atoms with Gasteiger partial charge in [0.25, 0.3) is 0 Å². The van der Waals surface area contributed by atoms with Crippen molar-refractivity contribution in [3.8, 4) is 5.75 Å². The number of carboxylic acids is 1. The number of furan rings is 1. The van der Waals surface area contributed by atoms with E-state index in [0.29, 0.717) is 24.4 Å². The molecule has 5 rings (SSSR count). The Morgan fingerprint density at radius 2 is 2.18 bits per heavy atom. The fraction of sp³-hybridized carbons (Fsp3) is 0.269. The molecule has 33 heavy (non-hydrogen) atoms. The minimum Gasteiger partial charge on any atom is -0.493 e. The number of nitrogens with zero attached hydrogens (tertiary/aromatic N) is 2. The van der Waals surface area contributed by atoms with Crippen molar-refractivity contribution in [1.29, 1.82) is 0 Å². The number of rotatable bonds is 8. The fourth-order valence-electron chi connectivity index (χ4n) is 4.33. The smallest absolute Gasteiger partial charge is 0.304 e. The van der Waals surface area contributed by atoms with Crippen LogP contribution in [0.5, 0.6) is 5.75 Å². The average molecular weight is 444 g/mol. The van der Waals surface area contributed by atoms with Crippen LogP contribution in [0.1, 0.15) is 41.1 Å². The van der Waals surface area contributed by atoms with Crippen molar-refractivity contribution in [2.45, 2.75) is 31.6 Å². The monoisotopic (exact) mass is 443 g/mol. The molecule has 2 N–H and O–H groups in total. The largest absolute Gasteiger partial charge is 0.493 e. The van der Waals surface area contributed by atoms with Gasteiger partial charge in [-0.15, -0.1) is 0 Å². The number of nitrogens with one attached hydrogen (secondary N) is 1. The summed E-state index contributed by atoms with van der Waals surface area (Å²) in [5, 5.41) is 13.7. The maximum atomic E-state index is 11.5. The Labute approximate surface area is 191 Å². The van der Waals surface area contributed by atoms with Gasteiger partial charge in [-0.05, 0) is 48.2 Å². The highest BCUT2D eigenvalue weighted by Gasteiger charge is 2.22. The third-order valence-electron chi connectivity index (χ3n) is 6.00. The first-order valence-corrected chi connectivity index (χ1v) is 11.2. The number of benzene rings is 1. The van der Waals surface area contributed by atoms with Crippen LogP contribution in [0.2, 0.25) is 0 Å². The lowest BCUT2D eigenvalue weighted by atomic mass is 9.89. The lowest BCUT2D eigenvalue weighted by Crippen LogP contribution is -2.14. The molecular formula is C26H25N3O4. The zero-order chi connectivity index (χ0) is 22.6. The molecule has 4 aromatic rings. The quantitative estimate of drug-likeness (QED) is 0.403. The van der Waals surface area contributed by atoms with Crippen molar-refractivity contribution in [1.82, 2.24) is 9.97 Å². The van der Waals surface area contributed by atoms with Gasteiger partial charge in [0.15, 0.2) is 0 Å². The highest BCUT2D eigenvalue weighted by atomic mass is 16.5. The highest BCUT2D eigenvalue weighted by Crippen LogP contribution is 2.35. The molecule has 1 atom stereocenters. The van der Waals surface area contributed by atoms with E-state index in [2.05, 4.69) is 22.4 Å². The maximum Gasteiger partial charge on any atom is 0.304 e. The zero-order valence-corrected chi connectivity index (χ0v) is 18.2. The van der Waals surface area contributed by atoms with E-state index in [4.69, 9.17) is 14.1 Å². The van der Waals surface area contributed by atoms with Gasteiger partial charge >= 0.3 is 5.97 Å². The number of aryl methyl sites for hydroxylation is 1. The third kappa shape index (κ3) is 4.67. The van der Waals surface area contributed by atoms with Gasteiger partial charge in [0.2, 0.25) is 0 Å². The van der Waals surface area contributed by atoms with Crippen molar-refractivity contribution in [2.75, 3.05) is 18.5 Å². The summed E-state index contributed by atoms with van der Waals surface area (Å²) in [5.74, 6) is 0.487. The first-order valence-electron chi connectivity index (χ1n) is 11.2. The number of pyridine rings is 2. The molecule has 0 bridgehead atoms. The van der Waals surface area contributed by atoms with Gasteiger partial charge in [-0.3, -0.25) is 9.78 Å². The van der Waals surface area contributed by atoms with E-state index < -0.39 is 5.97 Å². The van der Waals surface area contributed by atoms with E-state index in [1.165, 1.54) is 5.56 Å². The Bertz CT molecular complexity index is 1270. The molecule has 0 fully saturated rings. The van der Waals surface area contributed by atoms with Crippen molar-refractivity contribution < 1.29 is 19.1 Å². The molecular weight excluding hydrogens is 418 g/mol. The first-order chi connectivity index (χ1) is 16.2. The Balaban J connectivity index is 1.30. The fourth-order valence-corrected chi connectivity index (χ4v) is 4.33. The highest BCUT2D eigenvalue weighted by molar-refractivity contribution is 5.84. The number of fused-ring (bicyclic) bond motifs is 2. The Morgan fingerprint density at radius 3 is 3.03 bits per heavy atom. The summed E-state index contributed by atoms with van der Waals surface area (Å²) in [7, 11) is 0. The summed E-state index contributed by atoms with van der Waals surface area (Å²) in [4.78, 5) is 20.4. The van der Waals surface area contributed by atoms with Gasteiger partial charge in [0.1, 0.15) is 17.2 Å². The Kier molecular flexibility index (Phi) is 5.93. The molecule has 0 amide bonds. The van der Waals surface area contributed by atoms with Crippen LogP contribution in [-0.4, -0.2) is 34.2 Å². The molecule has 1 aliphatic rings. The Morgan fingerprint density at radius 1 is 1.24 bits per heavy atom. The van der Waals surface area contributed by atoms with E-state index in [1.807, 2.05) is 30.3 Å². The standard InChI is InChI=1S/C26H25N3O4/c30-25(31)14-22(18-4-1-10-27-15-18)23-16-33-24-13-20(7-8-21(23)24)32-12-9-19-6-5-17-3-2-11-28-26(17)29-19/h1,4-8,10,13,15-16,22H,2-3,9,11-12,14H2,(H,28,29)(H,30,31). The number of anilines is 1.